The van der Waals surface area contributed by atoms with Gasteiger partial charge in [-0.15, -0.1) is 0 Å². The minimum absolute atomic E-state index is 0.359. The maximum absolute atomic E-state index is 11.1. The largest absolute Gasteiger partial charge is 0.478 e. The summed E-state index contributed by atoms with van der Waals surface area (Å²) in [7, 11) is 2.13. The molecule has 24 heavy (non-hydrogen) atoms. The average molecular weight is 324 g/mol. The third kappa shape index (κ3) is 4.22. The van der Waals surface area contributed by atoms with Gasteiger partial charge in [-0.3, -0.25) is 9.80 Å². The molecule has 2 aromatic rings. The van der Waals surface area contributed by atoms with E-state index < -0.39 is 5.97 Å². The van der Waals surface area contributed by atoms with Crippen LogP contribution in [0.1, 0.15) is 27.9 Å². The van der Waals surface area contributed by atoms with Crippen molar-refractivity contribution in [3.05, 3.63) is 71.3 Å². The Kier molecular flexibility index (Phi) is 5.28. The van der Waals surface area contributed by atoms with Crippen molar-refractivity contribution in [1.29, 1.82) is 0 Å². The van der Waals surface area contributed by atoms with E-state index in [0.717, 1.165) is 38.2 Å². The molecule has 1 heterocycles. The highest BCUT2D eigenvalue weighted by Crippen LogP contribution is 2.19. The van der Waals surface area contributed by atoms with Gasteiger partial charge in [0.05, 0.1) is 5.56 Å². The molecular weight excluding hydrogens is 300 g/mol. The molecule has 4 heteroatoms. The zero-order valence-corrected chi connectivity index (χ0v) is 14.1. The molecular formula is C20H24N2O2. The summed E-state index contributed by atoms with van der Waals surface area (Å²) in [4.78, 5) is 15.9. The Morgan fingerprint density at radius 2 is 1.92 bits per heavy atom. The van der Waals surface area contributed by atoms with Crippen LogP contribution < -0.4 is 0 Å². The zero-order valence-electron chi connectivity index (χ0n) is 14.1. The second kappa shape index (κ2) is 7.60. The van der Waals surface area contributed by atoms with E-state index in [-0.39, 0.29) is 0 Å². The number of hydrogen-bond donors (Lipinski definition) is 1. The normalized spacial score (nSPS) is 18.2. The Morgan fingerprint density at radius 1 is 1.17 bits per heavy atom. The van der Waals surface area contributed by atoms with Crippen LogP contribution in [0, 0.1) is 0 Å². The Balaban J connectivity index is 1.55. The number of rotatable bonds is 6. The van der Waals surface area contributed by atoms with Gasteiger partial charge in [0.15, 0.2) is 0 Å². The van der Waals surface area contributed by atoms with Crippen molar-refractivity contribution in [2.24, 2.45) is 0 Å². The van der Waals surface area contributed by atoms with Crippen LogP contribution in [0.4, 0.5) is 0 Å². The molecule has 3 rings (SSSR count). The van der Waals surface area contributed by atoms with Crippen LogP contribution in [0.5, 0.6) is 0 Å². The van der Waals surface area contributed by atoms with Crippen LogP contribution >= 0.6 is 0 Å². The van der Waals surface area contributed by atoms with Gasteiger partial charge < -0.3 is 5.11 Å². The van der Waals surface area contributed by atoms with Gasteiger partial charge in [0.25, 0.3) is 0 Å². The molecule has 2 aromatic carbocycles. The van der Waals surface area contributed by atoms with Gasteiger partial charge in [0, 0.05) is 32.2 Å². The summed E-state index contributed by atoms with van der Waals surface area (Å²) in [5, 5.41) is 9.11. The molecule has 1 aliphatic rings. The predicted octanol–water partition coefficient (Wildman–Crippen LogP) is 3.09. The van der Waals surface area contributed by atoms with Crippen molar-refractivity contribution < 1.29 is 9.90 Å². The number of likely N-dealkylation sites (tertiary alicyclic amines) is 1. The zero-order chi connectivity index (χ0) is 16.9. The number of carboxylic acids is 1. The topological polar surface area (TPSA) is 43.8 Å². The highest BCUT2D eigenvalue weighted by Gasteiger charge is 2.25. The monoisotopic (exact) mass is 324 g/mol. The molecule has 126 valence electrons. The second-order valence-corrected chi connectivity index (χ2v) is 6.58. The first-order valence-corrected chi connectivity index (χ1v) is 8.40. The van der Waals surface area contributed by atoms with E-state index in [1.165, 1.54) is 5.56 Å². The minimum Gasteiger partial charge on any atom is -0.478 e. The van der Waals surface area contributed by atoms with Crippen molar-refractivity contribution in [2.45, 2.75) is 25.6 Å². The number of benzene rings is 2. The first-order chi connectivity index (χ1) is 11.6. The quantitative estimate of drug-likeness (QED) is 0.887. The summed E-state index contributed by atoms with van der Waals surface area (Å²) in [6.45, 7) is 3.95. The molecule has 1 unspecified atom stereocenters. The lowest BCUT2D eigenvalue weighted by Crippen LogP contribution is -2.34. The van der Waals surface area contributed by atoms with E-state index in [1.54, 1.807) is 12.1 Å². The van der Waals surface area contributed by atoms with Crippen LogP contribution in [-0.4, -0.2) is 47.1 Å². The number of likely N-dealkylation sites (N-methyl/N-ethyl adjacent to an activating group) is 1. The van der Waals surface area contributed by atoms with E-state index >= 15 is 0 Å². The average Bonchev–Trinajstić information content (AvgIpc) is 3.04. The molecule has 4 nitrogen and oxygen atoms in total. The standard InChI is InChI=1S/C20H24N2O2/c1-21(13-17-8-5-9-18(12-17)20(23)24)19-10-11-22(15-19)14-16-6-3-2-4-7-16/h2-9,12,19H,10-11,13-15H2,1H3,(H,23,24). The minimum atomic E-state index is -0.866. The Hall–Kier alpha value is -2.17. The highest BCUT2D eigenvalue weighted by atomic mass is 16.4. The molecule has 1 N–H and O–H groups in total. The van der Waals surface area contributed by atoms with Gasteiger partial charge in [-0.2, -0.15) is 0 Å². The molecule has 0 aromatic heterocycles. The fourth-order valence-electron chi connectivity index (χ4n) is 3.38. The molecule has 0 saturated carbocycles. The summed E-state index contributed by atoms with van der Waals surface area (Å²) >= 11 is 0. The van der Waals surface area contributed by atoms with Gasteiger partial charge >= 0.3 is 5.97 Å². The molecule has 1 atom stereocenters. The van der Waals surface area contributed by atoms with E-state index in [4.69, 9.17) is 5.11 Å². The third-order valence-corrected chi connectivity index (χ3v) is 4.73. The summed E-state index contributed by atoms with van der Waals surface area (Å²) in [6, 6.07) is 18.3. The Morgan fingerprint density at radius 3 is 2.67 bits per heavy atom. The van der Waals surface area contributed by atoms with Crippen LogP contribution in [0.15, 0.2) is 54.6 Å². The van der Waals surface area contributed by atoms with Crippen molar-refractivity contribution in [3.63, 3.8) is 0 Å². The maximum atomic E-state index is 11.1. The van der Waals surface area contributed by atoms with E-state index in [2.05, 4.69) is 47.2 Å². The lowest BCUT2D eigenvalue weighted by atomic mass is 10.1. The van der Waals surface area contributed by atoms with E-state index in [9.17, 15) is 4.79 Å². The molecule has 0 bridgehead atoms. The van der Waals surface area contributed by atoms with Crippen molar-refractivity contribution in [3.8, 4) is 0 Å². The Labute approximate surface area is 143 Å². The first-order valence-electron chi connectivity index (χ1n) is 8.40. The summed E-state index contributed by atoms with van der Waals surface area (Å²) in [5.41, 5.74) is 2.77. The number of aromatic carboxylic acids is 1. The number of carboxylic acid groups (broad SMARTS) is 1. The van der Waals surface area contributed by atoms with E-state index in [0.29, 0.717) is 11.6 Å². The lowest BCUT2D eigenvalue weighted by molar-refractivity contribution is 0.0696. The smallest absolute Gasteiger partial charge is 0.335 e. The van der Waals surface area contributed by atoms with Gasteiger partial charge in [-0.05, 0) is 36.7 Å². The van der Waals surface area contributed by atoms with Gasteiger partial charge in [0.2, 0.25) is 0 Å². The Bertz CT molecular complexity index is 687. The van der Waals surface area contributed by atoms with Crippen LogP contribution in [0.3, 0.4) is 0 Å². The lowest BCUT2D eigenvalue weighted by Gasteiger charge is -2.25. The number of hydrogen-bond acceptors (Lipinski definition) is 3. The summed E-state index contributed by atoms with van der Waals surface area (Å²) < 4.78 is 0. The fourth-order valence-corrected chi connectivity index (χ4v) is 3.38. The fraction of sp³-hybridized carbons (Fsp3) is 0.350. The van der Waals surface area contributed by atoms with E-state index in [1.807, 2.05) is 12.1 Å². The summed E-state index contributed by atoms with van der Waals surface area (Å²) in [5.74, 6) is -0.866. The first kappa shape index (κ1) is 16.7. The number of nitrogens with zero attached hydrogens (tertiary/aromatic N) is 2. The van der Waals surface area contributed by atoms with Crippen LogP contribution in [0.25, 0.3) is 0 Å². The predicted molar refractivity (Wildman–Crippen MR) is 95.0 cm³/mol. The number of carbonyl (C=O) groups is 1. The molecule has 0 amide bonds. The van der Waals surface area contributed by atoms with Gasteiger partial charge in [-0.25, -0.2) is 4.79 Å². The molecule has 1 fully saturated rings. The SMILES string of the molecule is CN(Cc1cccc(C(=O)O)c1)C1CCN(Cc2ccccc2)C1. The third-order valence-electron chi connectivity index (χ3n) is 4.73. The molecule has 0 aliphatic carbocycles. The highest BCUT2D eigenvalue weighted by molar-refractivity contribution is 5.87. The molecule has 0 radical (unpaired) electrons. The van der Waals surface area contributed by atoms with Crippen molar-refractivity contribution >= 4 is 5.97 Å². The van der Waals surface area contributed by atoms with Crippen molar-refractivity contribution in [2.75, 3.05) is 20.1 Å². The molecule has 1 aliphatic heterocycles. The van der Waals surface area contributed by atoms with Crippen LogP contribution in [0.2, 0.25) is 0 Å². The molecule has 0 spiro atoms. The second-order valence-electron chi connectivity index (χ2n) is 6.58. The molecule has 1 saturated heterocycles. The van der Waals surface area contributed by atoms with Gasteiger partial charge in [0.1, 0.15) is 0 Å². The van der Waals surface area contributed by atoms with Crippen molar-refractivity contribution in [1.82, 2.24) is 9.80 Å². The maximum Gasteiger partial charge on any atom is 0.335 e. The van der Waals surface area contributed by atoms with Gasteiger partial charge in [-0.1, -0.05) is 42.5 Å². The van der Waals surface area contributed by atoms with Crippen LogP contribution in [-0.2, 0) is 13.1 Å². The summed E-state index contributed by atoms with van der Waals surface area (Å²) in [6.07, 6.45) is 1.15.